The molecule has 1 N–H and O–H groups in total. The van der Waals surface area contributed by atoms with Gasteiger partial charge in [-0.15, -0.1) is 0 Å². The summed E-state index contributed by atoms with van der Waals surface area (Å²) < 4.78 is 1.63. The number of nitrogens with one attached hydrogen (secondary N) is 1. The van der Waals surface area contributed by atoms with E-state index in [0.717, 1.165) is 38.3 Å². The number of hydrogen-bond acceptors (Lipinski definition) is 3. The number of rotatable bonds is 4. The van der Waals surface area contributed by atoms with Crippen molar-refractivity contribution in [2.45, 2.75) is 38.5 Å². The Labute approximate surface area is 148 Å². The Balaban J connectivity index is 1.22. The summed E-state index contributed by atoms with van der Waals surface area (Å²) in [5, 5.41) is 7.03. The van der Waals surface area contributed by atoms with Crippen LogP contribution in [0.1, 0.15) is 48.9 Å². The Morgan fingerprint density at radius 3 is 2.60 bits per heavy atom. The minimum Gasteiger partial charge on any atom is -0.352 e. The summed E-state index contributed by atoms with van der Waals surface area (Å²) in [6.45, 7) is 2.38. The number of carbonyl (C=O) groups is 2. The number of fused-ring (bicyclic) bond motifs is 2. The largest absolute Gasteiger partial charge is 0.352 e. The van der Waals surface area contributed by atoms with Crippen molar-refractivity contribution in [3.8, 4) is 0 Å². The van der Waals surface area contributed by atoms with Gasteiger partial charge in [-0.25, -0.2) is 0 Å². The van der Waals surface area contributed by atoms with Gasteiger partial charge in [-0.3, -0.25) is 14.3 Å². The number of hydrogen-bond donors (Lipinski definition) is 1. The van der Waals surface area contributed by atoms with E-state index in [1.54, 1.807) is 24.1 Å². The summed E-state index contributed by atoms with van der Waals surface area (Å²) in [6.07, 6.45) is 10.3. The summed E-state index contributed by atoms with van der Waals surface area (Å²) in [7, 11) is 1.81. The smallest absolute Gasteiger partial charge is 0.254 e. The summed E-state index contributed by atoms with van der Waals surface area (Å²) in [6, 6.07) is 0. The molecule has 3 atom stereocenters. The van der Waals surface area contributed by atoms with Crippen LogP contribution in [-0.4, -0.2) is 46.1 Å². The lowest BCUT2D eigenvalue weighted by Crippen LogP contribution is -2.44. The van der Waals surface area contributed by atoms with Gasteiger partial charge >= 0.3 is 0 Å². The van der Waals surface area contributed by atoms with E-state index < -0.39 is 0 Å². The van der Waals surface area contributed by atoms with Crippen molar-refractivity contribution in [1.29, 1.82) is 0 Å². The molecule has 1 aliphatic heterocycles. The third kappa shape index (κ3) is 3.44. The Bertz CT molecular complexity index is 648. The molecule has 3 aliphatic rings. The van der Waals surface area contributed by atoms with Gasteiger partial charge in [-0.1, -0.05) is 6.42 Å². The van der Waals surface area contributed by atoms with Crippen molar-refractivity contribution in [2.75, 3.05) is 19.6 Å². The molecule has 6 nitrogen and oxygen atoms in total. The lowest BCUT2D eigenvalue weighted by atomic mass is 9.86. The second-order valence-electron chi connectivity index (χ2n) is 8.16. The van der Waals surface area contributed by atoms with Crippen molar-refractivity contribution in [2.24, 2.45) is 30.7 Å². The standard InChI is InChI=1S/C19H28N4O2/c1-22-12-16(11-21-22)18(24)20-10-13-4-6-23(7-5-13)19(25)17-9-14-2-3-15(17)8-14/h11-15,17H,2-10H2,1H3,(H,20,24)/t14-,15-,17-/m1/s1. The van der Waals surface area contributed by atoms with Gasteiger partial charge in [0.05, 0.1) is 11.8 Å². The van der Waals surface area contributed by atoms with Gasteiger partial charge in [0.1, 0.15) is 0 Å². The van der Waals surface area contributed by atoms with E-state index in [2.05, 4.69) is 15.3 Å². The highest BCUT2D eigenvalue weighted by Gasteiger charge is 2.44. The molecule has 3 fully saturated rings. The van der Waals surface area contributed by atoms with Crippen molar-refractivity contribution in [3.05, 3.63) is 18.0 Å². The van der Waals surface area contributed by atoms with Crippen LogP contribution in [0.3, 0.4) is 0 Å². The predicted molar refractivity (Wildman–Crippen MR) is 93.8 cm³/mol. The maximum absolute atomic E-state index is 12.8. The molecule has 1 aromatic rings. The van der Waals surface area contributed by atoms with Crippen LogP contribution < -0.4 is 5.32 Å². The van der Waals surface area contributed by atoms with Crippen molar-refractivity contribution in [3.63, 3.8) is 0 Å². The van der Waals surface area contributed by atoms with E-state index in [1.165, 1.54) is 19.3 Å². The lowest BCUT2D eigenvalue weighted by molar-refractivity contribution is -0.138. The first-order valence-electron chi connectivity index (χ1n) is 9.66. The second-order valence-corrected chi connectivity index (χ2v) is 8.16. The Morgan fingerprint density at radius 1 is 1.20 bits per heavy atom. The van der Waals surface area contributed by atoms with Gasteiger partial charge in [0, 0.05) is 38.8 Å². The Hall–Kier alpha value is -1.85. The Kier molecular flexibility index (Phi) is 4.52. The zero-order valence-electron chi connectivity index (χ0n) is 15.0. The third-order valence-corrected chi connectivity index (χ3v) is 6.50. The molecule has 6 heteroatoms. The molecule has 1 saturated heterocycles. The molecule has 0 aromatic carbocycles. The van der Waals surface area contributed by atoms with Gasteiger partial charge in [-0.2, -0.15) is 5.10 Å². The van der Waals surface area contributed by atoms with Crippen LogP contribution in [0, 0.1) is 23.7 Å². The number of likely N-dealkylation sites (tertiary alicyclic amines) is 1. The molecular weight excluding hydrogens is 316 g/mol. The minimum absolute atomic E-state index is 0.0615. The van der Waals surface area contributed by atoms with Gasteiger partial charge in [-0.05, 0) is 49.9 Å². The summed E-state index contributed by atoms with van der Waals surface area (Å²) in [5.41, 5.74) is 0.603. The summed E-state index contributed by atoms with van der Waals surface area (Å²) >= 11 is 0. The molecule has 0 spiro atoms. The molecule has 4 rings (SSSR count). The van der Waals surface area contributed by atoms with Crippen molar-refractivity contribution in [1.82, 2.24) is 20.0 Å². The minimum atomic E-state index is -0.0615. The van der Waals surface area contributed by atoms with E-state index >= 15 is 0 Å². The number of carbonyl (C=O) groups excluding carboxylic acids is 2. The summed E-state index contributed by atoms with van der Waals surface area (Å²) in [5.74, 6) is 2.59. The van der Waals surface area contributed by atoms with Crippen molar-refractivity contribution < 1.29 is 9.59 Å². The SMILES string of the molecule is Cn1cc(C(=O)NCC2CCN(C(=O)[C@@H]3C[C@@H]4CC[C@@H]3C4)CC2)cn1. The van der Waals surface area contributed by atoms with E-state index in [4.69, 9.17) is 0 Å². The lowest BCUT2D eigenvalue weighted by Gasteiger charge is -2.35. The predicted octanol–water partition coefficient (Wildman–Crippen LogP) is 1.82. The van der Waals surface area contributed by atoms with Crippen LogP contribution in [0.4, 0.5) is 0 Å². The van der Waals surface area contributed by atoms with Crippen LogP contribution in [0.2, 0.25) is 0 Å². The first kappa shape index (κ1) is 16.6. The molecule has 1 aromatic heterocycles. The van der Waals surface area contributed by atoms with Crippen LogP contribution in [0.15, 0.2) is 12.4 Å². The number of piperidine rings is 1. The Morgan fingerprint density at radius 2 is 2.00 bits per heavy atom. The monoisotopic (exact) mass is 344 g/mol. The molecule has 0 unspecified atom stereocenters. The van der Waals surface area contributed by atoms with Crippen LogP contribution in [-0.2, 0) is 11.8 Å². The molecule has 2 amide bonds. The average molecular weight is 344 g/mol. The van der Waals surface area contributed by atoms with E-state index in [9.17, 15) is 9.59 Å². The fourth-order valence-electron chi connectivity index (χ4n) is 5.02. The van der Waals surface area contributed by atoms with Gasteiger partial charge < -0.3 is 10.2 Å². The molecule has 136 valence electrons. The normalized spacial score (nSPS) is 29.2. The average Bonchev–Trinajstić information content (AvgIpc) is 3.36. The van der Waals surface area contributed by atoms with Gasteiger partial charge in [0.15, 0.2) is 0 Å². The number of nitrogens with zero attached hydrogens (tertiary/aromatic N) is 3. The molecule has 25 heavy (non-hydrogen) atoms. The number of aromatic nitrogens is 2. The fraction of sp³-hybridized carbons (Fsp3) is 0.737. The highest BCUT2D eigenvalue weighted by atomic mass is 16.2. The van der Waals surface area contributed by atoms with Crippen molar-refractivity contribution >= 4 is 11.8 Å². The zero-order valence-corrected chi connectivity index (χ0v) is 15.0. The first-order chi connectivity index (χ1) is 12.1. The maximum Gasteiger partial charge on any atom is 0.254 e. The zero-order chi connectivity index (χ0) is 17.4. The molecule has 2 aliphatic carbocycles. The quantitative estimate of drug-likeness (QED) is 0.906. The van der Waals surface area contributed by atoms with E-state index in [1.807, 2.05) is 0 Å². The molecule has 0 radical (unpaired) electrons. The third-order valence-electron chi connectivity index (χ3n) is 6.50. The molecule has 2 heterocycles. The summed E-state index contributed by atoms with van der Waals surface area (Å²) in [4.78, 5) is 27.0. The molecular formula is C19H28N4O2. The van der Waals surface area contributed by atoms with Crippen LogP contribution in [0.5, 0.6) is 0 Å². The molecule has 2 bridgehead atoms. The molecule has 2 saturated carbocycles. The highest BCUT2D eigenvalue weighted by molar-refractivity contribution is 5.93. The highest BCUT2D eigenvalue weighted by Crippen LogP contribution is 2.49. The van der Waals surface area contributed by atoms with E-state index in [0.29, 0.717) is 35.8 Å². The van der Waals surface area contributed by atoms with Gasteiger partial charge in [0.2, 0.25) is 5.91 Å². The van der Waals surface area contributed by atoms with Gasteiger partial charge in [0.25, 0.3) is 5.91 Å². The first-order valence-corrected chi connectivity index (χ1v) is 9.66. The maximum atomic E-state index is 12.8. The van der Waals surface area contributed by atoms with Crippen LogP contribution >= 0.6 is 0 Å². The number of amides is 2. The topological polar surface area (TPSA) is 67.2 Å². The van der Waals surface area contributed by atoms with Crippen LogP contribution in [0.25, 0.3) is 0 Å². The number of aryl methyl sites for hydroxylation is 1. The second kappa shape index (κ2) is 6.81. The van der Waals surface area contributed by atoms with E-state index in [-0.39, 0.29) is 5.91 Å². The fourth-order valence-corrected chi connectivity index (χ4v) is 5.02.